The zero-order valence-corrected chi connectivity index (χ0v) is 22.3. The molecule has 2 saturated heterocycles. The average molecular weight is 550 g/mol. The van der Waals surface area contributed by atoms with Crippen molar-refractivity contribution in [2.24, 2.45) is 4.99 Å². The second-order valence-corrected chi connectivity index (χ2v) is 9.48. The molecule has 1 aromatic heterocycles. The van der Waals surface area contributed by atoms with Crippen molar-refractivity contribution < 1.29 is 0 Å². The molecule has 30 heavy (non-hydrogen) atoms. The predicted octanol–water partition coefficient (Wildman–Crippen LogP) is 2.83. The van der Waals surface area contributed by atoms with Crippen LogP contribution in [0.3, 0.4) is 0 Å². The van der Waals surface area contributed by atoms with Gasteiger partial charge in [-0.2, -0.15) is 0 Å². The van der Waals surface area contributed by atoms with Crippen molar-refractivity contribution in [3.8, 4) is 0 Å². The van der Waals surface area contributed by atoms with E-state index >= 15 is 0 Å². The SMILES string of the molecule is CCNC(=NCc1csc(N(C)C)n1)NCC1(N2CCCCC2)CCN(C)CC1.I. The quantitative estimate of drug-likeness (QED) is 0.310. The predicted molar refractivity (Wildman–Crippen MR) is 140 cm³/mol. The van der Waals surface area contributed by atoms with Crippen LogP contribution in [0, 0.1) is 0 Å². The van der Waals surface area contributed by atoms with E-state index in [4.69, 9.17) is 4.99 Å². The molecule has 0 aliphatic carbocycles. The molecule has 0 saturated carbocycles. The molecule has 0 bridgehead atoms. The molecule has 0 atom stereocenters. The highest BCUT2D eigenvalue weighted by Gasteiger charge is 2.39. The summed E-state index contributed by atoms with van der Waals surface area (Å²) >= 11 is 1.67. The molecule has 0 amide bonds. The minimum Gasteiger partial charge on any atom is -0.357 e. The van der Waals surface area contributed by atoms with Crippen molar-refractivity contribution in [1.29, 1.82) is 0 Å². The molecule has 0 radical (unpaired) electrons. The van der Waals surface area contributed by atoms with Gasteiger partial charge in [0.25, 0.3) is 0 Å². The summed E-state index contributed by atoms with van der Waals surface area (Å²) in [6, 6.07) is 0. The number of aliphatic imine (C=N–C) groups is 1. The molecular formula is C21H40IN7S. The molecule has 0 spiro atoms. The molecule has 3 rings (SSSR count). The van der Waals surface area contributed by atoms with Gasteiger partial charge >= 0.3 is 0 Å². The topological polar surface area (TPSA) is 59.0 Å². The Morgan fingerprint density at radius 2 is 1.87 bits per heavy atom. The lowest BCUT2D eigenvalue weighted by molar-refractivity contribution is 0.0173. The third kappa shape index (κ3) is 6.93. The van der Waals surface area contributed by atoms with Gasteiger partial charge in [0.05, 0.1) is 12.2 Å². The Morgan fingerprint density at radius 3 is 2.47 bits per heavy atom. The third-order valence-corrected chi connectivity index (χ3v) is 7.25. The van der Waals surface area contributed by atoms with Crippen LogP contribution in [-0.2, 0) is 6.54 Å². The molecule has 172 valence electrons. The van der Waals surface area contributed by atoms with E-state index in [0.717, 1.165) is 29.9 Å². The standard InChI is InChI=1S/C21H39N7S.HI/c1-5-22-19(23-15-18-16-29-20(25-18)26(2)3)24-17-21(9-13-27(4)14-10-21)28-11-7-6-8-12-28;/h16H,5-15,17H2,1-4H3,(H2,22,23,24);1H. The number of rotatable bonds is 7. The fraction of sp³-hybridized carbons (Fsp3) is 0.810. The Kier molecular flexibility index (Phi) is 10.6. The van der Waals surface area contributed by atoms with Gasteiger partial charge in [-0.25, -0.2) is 9.98 Å². The maximum absolute atomic E-state index is 4.82. The number of halogens is 1. The number of thiazole rings is 1. The summed E-state index contributed by atoms with van der Waals surface area (Å²) in [7, 11) is 6.30. The molecule has 2 aliphatic heterocycles. The van der Waals surface area contributed by atoms with Gasteiger partial charge < -0.3 is 20.4 Å². The van der Waals surface area contributed by atoms with E-state index in [1.54, 1.807) is 11.3 Å². The summed E-state index contributed by atoms with van der Waals surface area (Å²) in [6.45, 7) is 9.41. The Morgan fingerprint density at radius 1 is 1.17 bits per heavy atom. The van der Waals surface area contributed by atoms with Crippen LogP contribution in [0.5, 0.6) is 0 Å². The molecular weight excluding hydrogens is 509 g/mol. The number of guanidine groups is 1. The lowest BCUT2D eigenvalue weighted by Gasteiger charge is -2.50. The minimum atomic E-state index is 0. The van der Waals surface area contributed by atoms with E-state index in [9.17, 15) is 0 Å². The van der Waals surface area contributed by atoms with Crippen LogP contribution in [0.25, 0.3) is 0 Å². The molecule has 9 heteroatoms. The zero-order chi connectivity index (χ0) is 20.7. The van der Waals surface area contributed by atoms with Crippen molar-refractivity contribution >= 4 is 46.4 Å². The lowest BCUT2D eigenvalue weighted by atomic mass is 9.84. The Balaban J connectivity index is 0.00000320. The van der Waals surface area contributed by atoms with E-state index in [0.29, 0.717) is 6.54 Å². The average Bonchev–Trinajstić information content (AvgIpc) is 3.22. The molecule has 2 aliphatic rings. The number of hydrogen-bond donors (Lipinski definition) is 2. The number of hydrogen-bond acceptors (Lipinski definition) is 6. The largest absolute Gasteiger partial charge is 0.357 e. The summed E-state index contributed by atoms with van der Waals surface area (Å²) < 4.78 is 0. The summed E-state index contributed by atoms with van der Waals surface area (Å²) in [4.78, 5) is 16.8. The van der Waals surface area contributed by atoms with Gasteiger partial charge in [0, 0.05) is 38.1 Å². The summed E-state index contributed by atoms with van der Waals surface area (Å²) in [5.41, 5.74) is 1.28. The van der Waals surface area contributed by atoms with Gasteiger partial charge in [-0.15, -0.1) is 35.3 Å². The second kappa shape index (κ2) is 12.4. The monoisotopic (exact) mass is 549 g/mol. The van der Waals surface area contributed by atoms with Crippen molar-refractivity contribution in [2.75, 3.05) is 65.3 Å². The highest BCUT2D eigenvalue weighted by atomic mass is 127. The van der Waals surface area contributed by atoms with Crippen LogP contribution in [0.2, 0.25) is 0 Å². The fourth-order valence-corrected chi connectivity index (χ4v) is 5.08. The zero-order valence-electron chi connectivity index (χ0n) is 19.1. The lowest BCUT2D eigenvalue weighted by Crippen LogP contribution is -2.62. The fourth-order valence-electron chi connectivity index (χ4n) is 4.33. The number of anilines is 1. The number of likely N-dealkylation sites (tertiary alicyclic amines) is 2. The van der Waals surface area contributed by atoms with E-state index in [2.05, 4.69) is 44.8 Å². The van der Waals surface area contributed by atoms with Gasteiger partial charge in [0.2, 0.25) is 0 Å². The molecule has 1 aromatic rings. The first-order valence-electron chi connectivity index (χ1n) is 11.1. The van der Waals surface area contributed by atoms with Crippen molar-refractivity contribution in [3.63, 3.8) is 0 Å². The maximum Gasteiger partial charge on any atom is 0.191 e. The normalized spacial score (nSPS) is 20.5. The second-order valence-electron chi connectivity index (χ2n) is 8.64. The molecule has 2 N–H and O–H groups in total. The molecule has 7 nitrogen and oxygen atoms in total. The van der Waals surface area contributed by atoms with Crippen LogP contribution in [0.4, 0.5) is 5.13 Å². The first-order valence-corrected chi connectivity index (χ1v) is 12.0. The Bertz CT molecular complexity index is 650. The van der Waals surface area contributed by atoms with E-state index in [1.807, 2.05) is 19.0 Å². The summed E-state index contributed by atoms with van der Waals surface area (Å²) in [5.74, 6) is 0.905. The van der Waals surface area contributed by atoms with Crippen LogP contribution in [0.15, 0.2) is 10.4 Å². The Hall–Kier alpha value is -0.650. The maximum atomic E-state index is 4.82. The van der Waals surface area contributed by atoms with Crippen LogP contribution < -0.4 is 15.5 Å². The summed E-state index contributed by atoms with van der Waals surface area (Å²) in [5, 5.41) is 10.2. The number of nitrogens with one attached hydrogen (secondary N) is 2. The molecule has 0 aromatic carbocycles. The molecule has 3 heterocycles. The molecule has 2 fully saturated rings. The first kappa shape index (κ1) is 25.6. The highest BCUT2D eigenvalue weighted by molar-refractivity contribution is 14.0. The molecule has 0 unspecified atom stereocenters. The Labute approximate surface area is 203 Å². The van der Waals surface area contributed by atoms with Gasteiger partial charge in [0.1, 0.15) is 0 Å². The number of nitrogens with zero attached hydrogens (tertiary/aromatic N) is 5. The van der Waals surface area contributed by atoms with Gasteiger partial charge in [0.15, 0.2) is 11.1 Å². The van der Waals surface area contributed by atoms with E-state index < -0.39 is 0 Å². The van der Waals surface area contributed by atoms with Crippen molar-refractivity contribution in [3.05, 3.63) is 11.1 Å². The van der Waals surface area contributed by atoms with Crippen molar-refractivity contribution in [1.82, 2.24) is 25.4 Å². The smallest absolute Gasteiger partial charge is 0.191 e. The van der Waals surface area contributed by atoms with E-state index in [-0.39, 0.29) is 29.5 Å². The van der Waals surface area contributed by atoms with Crippen molar-refractivity contribution in [2.45, 2.75) is 51.1 Å². The summed E-state index contributed by atoms with van der Waals surface area (Å²) in [6.07, 6.45) is 6.52. The van der Waals surface area contributed by atoms with Gasteiger partial charge in [-0.3, -0.25) is 4.90 Å². The van der Waals surface area contributed by atoms with Crippen LogP contribution in [0.1, 0.15) is 44.7 Å². The van der Waals surface area contributed by atoms with Crippen LogP contribution >= 0.6 is 35.3 Å². The number of piperidine rings is 2. The minimum absolute atomic E-state index is 0. The van der Waals surface area contributed by atoms with E-state index in [1.165, 1.54) is 58.3 Å². The van der Waals surface area contributed by atoms with Crippen LogP contribution in [-0.4, -0.2) is 86.7 Å². The van der Waals surface area contributed by atoms with Gasteiger partial charge in [-0.05, 0) is 65.8 Å². The third-order valence-electron chi connectivity index (χ3n) is 6.20. The van der Waals surface area contributed by atoms with Gasteiger partial charge in [-0.1, -0.05) is 6.42 Å². The highest BCUT2D eigenvalue weighted by Crippen LogP contribution is 2.30. The number of aromatic nitrogens is 1. The first-order chi connectivity index (χ1) is 14.0.